The van der Waals surface area contributed by atoms with Gasteiger partial charge in [-0.05, 0) is 38.8 Å². The number of hydrogen-bond donors (Lipinski definition) is 1. The normalized spacial score (nSPS) is 12.2. The summed E-state index contributed by atoms with van der Waals surface area (Å²) in [5.41, 5.74) is 3.74. The maximum atomic E-state index is 12.3. The van der Waals surface area contributed by atoms with E-state index in [-0.39, 0.29) is 17.6 Å². The van der Waals surface area contributed by atoms with Crippen molar-refractivity contribution in [3.63, 3.8) is 0 Å². The highest BCUT2D eigenvalue weighted by atomic mass is 35.5. The van der Waals surface area contributed by atoms with Gasteiger partial charge in [0.25, 0.3) is 5.91 Å². The number of carbonyl (C=O) groups is 1. The molecule has 2 rings (SSSR count). The number of aryl methyl sites for hydroxylation is 3. The molecule has 1 aromatic heterocycles. The zero-order chi connectivity index (χ0) is 15.6. The van der Waals surface area contributed by atoms with Gasteiger partial charge in [0.15, 0.2) is 5.69 Å². The molecule has 0 saturated carbocycles. The highest BCUT2D eigenvalue weighted by Crippen LogP contribution is 2.20. The number of hydrogen-bond acceptors (Lipinski definition) is 2. The van der Waals surface area contributed by atoms with Crippen LogP contribution in [-0.4, -0.2) is 15.7 Å². The molecule has 0 spiro atoms. The van der Waals surface area contributed by atoms with E-state index in [4.69, 9.17) is 11.6 Å². The summed E-state index contributed by atoms with van der Waals surface area (Å²) in [6.07, 6.45) is 1.66. The molecule has 0 aliphatic carbocycles. The van der Waals surface area contributed by atoms with E-state index in [1.807, 2.05) is 32.9 Å². The minimum atomic E-state index is -0.250. The van der Waals surface area contributed by atoms with Gasteiger partial charge in [0.2, 0.25) is 0 Å². The van der Waals surface area contributed by atoms with Crippen LogP contribution in [0.2, 0.25) is 5.02 Å². The van der Waals surface area contributed by atoms with Crippen molar-refractivity contribution in [3.05, 3.63) is 51.8 Å². The predicted molar refractivity (Wildman–Crippen MR) is 84.7 cm³/mol. The van der Waals surface area contributed by atoms with Crippen LogP contribution in [0.4, 0.5) is 0 Å². The van der Waals surface area contributed by atoms with Gasteiger partial charge in [-0.3, -0.25) is 9.48 Å². The van der Waals surface area contributed by atoms with Crippen LogP contribution >= 0.6 is 11.6 Å². The van der Waals surface area contributed by atoms with Crippen molar-refractivity contribution in [2.24, 2.45) is 0 Å². The average Bonchev–Trinajstić information content (AvgIpc) is 2.79. The van der Waals surface area contributed by atoms with Crippen molar-refractivity contribution in [2.45, 2.75) is 40.3 Å². The zero-order valence-corrected chi connectivity index (χ0v) is 13.5. The lowest BCUT2D eigenvalue weighted by Crippen LogP contribution is -2.27. The van der Waals surface area contributed by atoms with Gasteiger partial charge in [-0.2, -0.15) is 5.10 Å². The quantitative estimate of drug-likeness (QED) is 0.937. The Morgan fingerprint density at radius 3 is 2.71 bits per heavy atom. The fourth-order valence-electron chi connectivity index (χ4n) is 2.37. The lowest BCUT2D eigenvalue weighted by Gasteiger charge is -2.16. The first kappa shape index (κ1) is 15.6. The summed E-state index contributed by atoms with van der Waals surface area (Å²) in [5.74, 6) is -0.250. The molecule has 21 heavy (non-hydrogen) atoms. The first-order chi connectivity index (χ1) is 9.92. The molecule has 4 nitrogen and oxygen atoms in total. The second-order valence-corrected chi connectivity index (χ2v) is 5.64. The number of nitrogens with one attached hydrogen (secondary N) is 1. The monoisotopic (exact) mass is 305 g/mol. The molecule has 112 valence electrons. The molecule has 2 aromatic rings. The smallest absolute Gasteiger partial charge is 0.273 e. The van der Waals surface area contributed by atoms with Crippen molar-refractivity contribution in [1.29, 1.82) is 0 Å². The molecule has 5 heteroatoms. The second-order valence-electron chi connectivity index (χ2n) is 5.24. The summed E-state index contributed by atoms with van der Waals surface area (Å²) >= 11 is 6.06. The lowest BCUT2D eigenvalue weighted by molar-refractivity contribution is 0.0934. The molecule has 1 heterocycles. The van der Waals surface area contributed by atoms with Crippen LogP contribution in [0.5, 0.6) is 0 Å². The SMILES string of the molecule is CCn1cc(Cl)c(C(=O)NC(C)c2ccc(C)cc2C)n1. The number of nitrogens with zero attached hydrogens (tertiary/aromatic N) is 2. The van der Waals surface area contributed by atoms with E-state index in [9.17, 15) is 4.79 Å². The van der Waals surface area contributed by atoms with Crippen molar-refractivity contribution >= 4 is 17.5 Å². The van der Waals surface area contributed by atoms with Crippen LogP contribution in [0.15, 0.2) is 24.4 Å². The fraction of sp³-hybridized carbons (Fsp3) is 0.375. The molecular weight excluding hydrogens is 286 g/mol. The molecule has 0 radical (unpaired) electrons. The summed E-state index contributed by atoms with van der Waals surface area (Å²) in [5, 5.41) is 7.51. The first-order valence-electron chi connectivity index (χ1n) is 7.03. The lowest BCUT2D eigenvalue weighted by atomic mass is 10.0. The van der Waals surface area contributed by atoms with Crippen LogP contribution in [-0.2, 0) is 6.54 Å². The van der Waals surface area contributed by atoms with Gasteiger partial charge < -0.3 is 5.32 Å². The number of halogens is 1. The number of amides is 1. The Morgan fingerprint density at radius 2 is 2.14 bits per heavy atom. The minimum Gasteiger partial charge on any atom is -0.344 e. The number of carbonyl (C=O) groups excluding carboxylic acids is 1. The van der Waals surface area contributed by atoms with Crippen molar-refractivity contribution in [3.8, 4) is 0 Å². The van der Waals surface area contributed by atoms with Crippen molar-refractivity contribution < 1.29 is 4.79 Å². The number of benzene rings is 1. The number of rotatable bonds is 4. The van der Waals surface area contributed by atoms with Crippen LogP contribution in [0.25, 0.3) is 0 Å². The third-order valence-corrected chi connectivity index (χ3v) is 3.77. The third-order valence-electron chi connectivity index (χ3n) is 3.50. The number of aromatic nitrogens is 2. The molecule has 1 unspecified atom stereocenters. The van der Waals surface area contributed by atoms with Gasteiger partial charge >= 0.3 is 0 Å². The Morgan fingerprint density at radius 1 is 1.43 bits per heavy atom. The molecule has 0 bridgehead atoms. The molecule has 1 N–H and O–H groups in total. The summed E-state index contributed by atoms with van der Waals surface area (Å²) in [6, 6.07) is 6.10. The summed E-state index contributed by atoms with van der Waals surface area (Å²) < 4.78 is 1.65. The van der Waals surface area contributed by atoms with Gasteiger partial charge in [0.1, 0.15) is 0 Å². The van der Waals surface area contributed by atoms with E-state index in [1.54, 1.807) is 10.9 Å². The molecule has 0 fully saturated rings. The third kappa shape index (κ3) is 3.45. The minimum absolute atomic E-state index is 0.0963. The highest BCUT2D eigenvalue weighted by molar-refractivity contribution is 6.33. The van der Waals surface area contributed by atoms with E-state index in [0.717, 1.165) is 11.1 Å². The van der Waals surface area contributed by atoms with E-state index >= 15 is 0 Å². The Labute approximate surface area is 130 Å². The van der Waals surface area contributed by atoms with E-state index in [2.05, 4.69) is 23.4 Å². The van der Waals surface area contributed by atoms with Gasteiger partial charge in [0, 0.05) is 12.7 Å². The summed E-state index contributed by atoms with van der Waals surface area (Å²) in [6.45, 7) is 8.68. The molecule has 1 amide bonds. The predicted octanol–water partition coefficient (Wildman–Crippen LogP) is 3.66. The van der Waals surface area contributed by atoms with E-state index in [0.29, 0.717) is 11.6 Å². The van der Waals surface area contributed by atoms with E-state index < -0.39 is 0 Å². The van der Waals surface area contributed by atoms with Crippen molar-refractivity contribution in [2.75, 3.05) is 0 Å². The molecular formula is C16H20ClN3O. The van der Waals surface area contributed by atoms with Crippen LogP contribution in [0, 0.1) is 13.8 Å². The Hall–Kier alpha value is -1.81. The summed E-state index contributed by atoms with van der Waals surface area (Å²) in [4.78, 5) is 12.3. The Kier molecular flexibility index (Phi) is 4.68. The first-order valence-corrected chi connectivity index (χ1v) is 7.41. The Bertz CT molecular complexity index is 664. The largest absolute Gasteiger partial charge is 0.344 e. The maximum Gasteiger partial charge on any atom is 0.273 e. The maximum absolute atomic E-state index is 12.3. The van der Waals surface area contributed by atoms with Crippen molar-refractivity contribution in [1.82, 2.24) is 15.1 Å². The molecule has 0 saturated heterocycles. The highest BCUT2D eigenvalue weighted by Gasteiger charge is 2.18. The standard InChI is InChI=1S/C16H20ClN3O/c1-5-20-9-14(17)15(19-20)16(21)18-12(4)13-7-6-10(2)8-11(13)3/h6-9,12H,5H2,1-4H3,(H,18,21). The van der Waals surface area contributed by atoms with Crippen LogP contribution in [0.1, 0.15) is 47.1 Å². The molecule has 0 aliphatic heterocycles. The van der Waals surface area contributed by atoms with Gasteiger partial charge in [-0.1, -0.05) is 35.4 Å². The second kappa shape index (κ2) is 6.31. The molecule has 0 aliphatic rings. The zero-order valence-electron chi connectivity index (χ0n) is 12.8. The van der Waals surface area contributed by atoms with Gasteiger partial charge in [0.05, 0.1) is 11.1 Å². The van der Waals surface area contributed by atoms with Crippen LogP contribution in [0.3, 0.4) is 0 Å². The van der Waals surface area contributed by atoms with Crippen LogP contribution < -0.4 is 5.32 Å². The molecule has 1 atom stereocenters. The van der Waals surface area contributed by atoms with E-state index in [1.165, 1.54) is 5.56 Å². The Balaban J connectivity index is 2.16. The topological polar surface area (TPSA) is 46.9 Å². The average molecular weight is 306 g/mol. The van der Waals surface area contributed by atoms with Gasteiger partial charge in [-0.15, -0.1) is 0 Å². The summed E-state index contributed by atoms with van der Waals surface area (Å²) in [7, 11) is 0. The molecule has 1 aromatic carbocycles. The fourth-order valence-corrected chi connectivity index (χ4v) is 2.60. The van der Waals surface area contributed by atoms with Gasteiger partial charge in [-0.25, -0.2) is 0 Å².